The Bertz CT molecular complexity index is 1170. The number of carbonyl (C=O) groups is 1. The van der Waals surface area contributed by atoms with Crippen LogP contribution >= 0.6 is 23.2 Å². The lowest BCUT2D eigenvalue weighted by Gasteiger charge is -2.24. The van der Waals surface area contributed by atoms with Crippen molar-refractivity contribution in [2.45, 2.75) is 12.0 Å². The molecule has 1 unspecified atom stereocenters. The maximum absolute atomic E-state index is 14.5. The molecule has 1 aromatic heterocycles. The molecule has 4 rings (SSSR count). The molecule has 0 radical (unpaired) electrons. The molecule has 0 spiro atoms. The van der Waals surface area contributed by atoms with Crippen LogP contribution in [0.1, 0.15) is 12.0 Å². The third-order valence-electron chi connectivity index (χ3n) is 5.19. The Morgan fingerprint density at radius 2 is 2.10 bits per heavy atom. The van der Waals surface area contributed by atoms with E-state index in [0.29, 0.717) is 35.2 Å². The second-order valence-corrected chi connectivity index (χ2v) is 7.83. The fraction of sp³-hybridized carbons (Fsp3) is 0.190. The largest absolute Gasteiger partial charge is 0.383 e. The maximum atomic E-state index is 14.5. The third kappa shape index (κ3) is 3.60. The highest BCUT2D eigenvalue weighted by atomic mass is 35.5. The Kier molecular flexibility index (Phi) is 5.36. The number of nitrogens with zero attached hydrogens (tertiary/aromatic N) is 3. The second-order valence-electron chi connectivity index (χ2n) is 7.05. The van der Waals surface area contributed by atoms with E-state index in [9.17, 15) is 14.3 Å². The lowest BCUT2D eigenvalue weighted by atomic mass is 9.92. The number of fused-ring (bicyclic) bond motifs is 1. The van der Waals surface area contributed by atoms with Gasteiger partial charge in [-0.05, 0) is 42.3 Å². The van der Waals surface area contributed by atoms with Gasteiger partial charge in [0.05, 0.1) is 27.8 Å². The van der Waals surface area contributed by atoms with E-state index >= 15 is 0 Å². The highest BCUT2D eigenvalue weighted by Crippen LogP contribution is 2.36. The first-order valence-corrected chi connectivity index (χ1v) is 9.87. The van der Waals surface area contributed by atoms with E-state index < -0.39 is 11.4 Å². The summed E-state index contributed by atoms with van der Waals surface area (Å²) in [5.41, 5.74) is 0.116. The summed E-state index contributed by atoms with van der Waals surface area (Å²) in [6.07, 6.45) is 2.97. The number of anilines is 2. The summed E-state index contributed by atoms with van der Waals surface area (Å²) >= 11 is 11.7. The molecular formula is C21H17Cl2FN4O2. The summed E-state index contributed by atoms with van der Waals surface area (Å²) in [5.74, 6) is -0.577. The smallest absolute Gasteiger partial charge is 0.246 e. The van der Waals surface area contributed by atoms with Crippen LogP contribution in [0.3, 0.4) is 0 Å². The highest BCUT2D eigenvalue weighted by molar-refractivity contribution is 6.42. The number of rotatable bonds is 4. The van der Waals surface area contributed by atoms with Crippen molar-refractivity contribution in [2.24, 2.45) is 0 Å². The second kappa shape index (κ2) is 7.83. The molecule has 2 aromatic carbocycles. The Balaban J connectivity index is 1.72. The molecule has 6 nitrogen and oxygen atoms in total. The monoisotopic (exact) mass is 446 g/mol. The van der Waals surface area contributed by atoms with E-state index in [4.69, 9.17) is 23.2 Å². The average molecular weight is 447 g/mol. The van der Waals surface area contributed by atoms with Gasteiger partial charge in [-0.1, -0.05) is 35.8 Å². The molecule has 1 amide bonds. The van der Waals surface area contributed by atoms with Crippen molar-refractivity contribution in [2.75, 3.05) is 18.4 Å². The van der Waals surface area contributed by atoms with Crippen LogP contribution in [0, 0.1) is 5.82 Å². The molecule has 0 saturated carbocycles. The Hall–Kier alpha value is -2.74. The van der Waals surface area contributed by atoms with E-state index in [2.05, 4.69) is 21.9 Å². The van der Waals surface area contributed by atoms with Gasteiger partial charge in [0.1, 0.15) is 17.7 Å². The standard InChI is InChI=1S/C21H17Cl2FN4O2/c1-2-17(29)28-8-7-21(30,10-28)12-3-5-15-13(9-12)20(26-11-25-15)27-16-6-4-14(22)18(23)19(16)24/h2-6,9,11,30H,1,7-8,10H2,(H,25,26,27). The molecule has 1 saturated heterocycles. The van der Waals surface area contributed by atoms with Crippen LogP contribution in [0.2, 0.25) is 10.0 Å². The number of amides is 1. The van der Waals surface area contributed by atoms with Crippen molar-refractivity contribution < 1.29 is 14.3 Å². The van der Waals surface area contributed by atoms with Crippen LogP contribution in [0.5, 0.6) is 0 Å². The summed E-state index contributed by atoms with van der Waals surface area (Å²) in [5, 5.41) is 14.6. The lowest BCUT2D eigenvalue weighted by Crippen LogP contribution is -2.33. The average Bonchev–Trinajstić information content (AvgIpc) is 3.17. The van der Waals surface area contributed by atoms with Crippen LogP contribution in [0.4, 0.5) is 15.9 Å². The minimum atomic E-state index is -1.21. The molecule has 0 bridgehead atoms. The number of carbonyl (C=O) groups excluding carboxylic acids is 1. The van der Waals surface area contributed by atoms with E-state index in [1.807, 2.05) is 0 Å². The molecule has 2 heterocycles. The number of hydrogen-bond donors (Lipinski definition) is 2. The van der Waals surface area contributed by atoms with Gasteiger partial charge in [0.2, 0.25) is 5.91 Å². The first-order chi connectivity index (χ1) is 14.3. The summed E-state index contributed by atoms with van der Waals surface area (Å²) in [7, 11) is 0. The quantitative estimate of drug-likeness (QED) is 0.457. The van der Waals surface area contributed by atoms with Crippen LogP contribution in [-0.4, -0.2) is 39.0 Å². The molecule has 1 aliphatic rings. The fourth-order valence-electron chi connectivity index (χ4n) is 3.54. The van der Waals surface area contributed by atoms with Gasteiger partial charge in [-0.15, -0.1) is 0 Å². The van der Waals surface area contributed by atoms with Gasteiger partial charge in [-0.3, -0.25) is 4.79 Å². The van der Waals surface area contributed by atoms with Crippen molar-refractivity contribution in [1.82, 2.24) is 14.9 Å². The number of halogens is 3. The van der Waals surface area contributed by atoms with Crippen LogP contribution in [-0.2, 0) is 10.4 Å². The molecular weight excluding hydrogens is 430 g/mol. The van der Waals surface area contributed by atoms with Gasteiger partial charge in [-0.2, -0.15) is 0 Å². The summed E-state index contributed by atoms with van der Waals surface area (Å²) in [4.78, 5) is 21.9. The van der Waals surface area contributed by atoms with Gasteiger partial charge in [-0.25, -0.2) is 14.4 Å². The zero-order valence-electron chi connectivity index (χ0n) is 15.7. The van der Waals surface area contributed by atoms with Crippen molar-refractivity contribution in [3.8, 4) is 0 Å². The van der Waals surface area contributed by atoms with E-state index in [1.54, 1.807) is 23.1 Å². The van der Waals surface area contributed by atoms with Crippen molar-refractivity contribution >= 4 is 51.5 Å². The van der Waals surface area contributed by atoms with Gasteiger partial charge >= 0.3 is 0 Å². The molecule has 1 fully saturated rings. The third-order valence-corrected chi connectivity index (χ3v) is 5.98. The predicted molar refractivity (Wildman–Crippen MR) is 115 cm³/mol. The molecule has 1 aliphatic heterocycles. The summed E-state index contributed by atoms with van der Waals surface area (Å²) in [6.45, 7) is 4.07. The first kappa shape index (κ1) is 20.5. The Labute approximate surface area is 182 Å². The van der Waals surface area contributed by atoms with Gasteiger partial charge in [0, 0.05) is 11.9 Å². The maximum Gasteiger partial charge on any atom is 0.246 e. The topological polar surface area (TPSA) is 78.4 Å². The molecule has 0 aliphatic carbocycles. The SMILES string of the molecule is C=CC(=O)N1CCC(O)(c2ccc3ncnc(Nc4ccc(Cl)c(Cl)c4F)c3c2)C1. The van der Waals surface area contributed by atoms with Crippen molar-refractivity contribution in [3.05, 3.63) is 70.7 Å². The Morgan fingerprint density at radius 1 is 1.30 bits per heavy atom. The normalized spacial score (nSPS) is 18.6. The molecule has 30 heavy (non-hydrogen) atoms. The summed E-state index contributed by atoms with van der Waals surface area (Å²) in [6, 6.07) is 8.20. The van der Waals surface area contributed by atoms with Gasteiger partial charge in [0.15, 0.2) is 5.82 Å². The van der Waals surface area contributed by atoms with Crippen LogP contribution < -0.4 is 5.32 Å². The molecule has 1 atom stereocenters. The van der Waals surface area contributed by atoms with Crippen molar-refractivity contribution in [3.63, 3.8) is 0 Å². The minimum Gasteiger partial charge on any atom is -0.383 e. The fourth-order valence-corrected chi connectivity index (χ4v) is 3.85. The first-order valence-electron chi connectivity index (χ1n) is 9.12. The van der Waals surface area contributed by atoms with Crippen LogP contribution in [0.25, 0.3) is 10.9 Å². The number of aliphatic hydroxyl groups is 1. The van der Waals surface area contributed by atoms with Crippen LogP contribution in [0.15, 0.2) is 49.3 Å². The summed E-state index contributed by atoms with van der Waals surface area (Å²) < 4.78 is 14.5. The van der Waals surface area contributed by atoms with Crippen molar-refractivity contribution in [1.29, 1.82) is 0 Å². The van der Waals surface area contributed by atoms with E-state index in [1.165, 1.54) is 24.5 Å². The zero-order valence-corrected chi connectivity index (χ0v) is 17.2. The number of aromatic nitrogens is 2. The number of nitrogens with one attached hydrogen (secondary N) is 1. The lowest BCUT2D eigenvalue weighted by molar-refractivity contribution is -0.126. The van der Waals surface area contributed by atoms with E-state index in [-0.39, 0.29) is 28.2 Å². The molecule has 2 N–H and O–H groups in total. The zero-order chi connectivity index (χ0) is 21.5. The molecule has 3 aromatic rings. The molecule has 154 valence electrons. The number of benzene rings is 2. The number of hydrogen-bond acceptors (Lipinski definition) is 5. The van der Waals surface area contributed by atoms with E-state index in [0.717, 1.165) is 0 Å². The number of likely N-dealkylation sites (tertiary alicyclic amines) is 1. The molecule has 9 heteroatoms. The van der Waals surface area contributed by atoms with Gasteiger partial charge < -0.3 is 15.3 Å². The number of β-amino-alcohol motifs (C(OH)–C–C–N with tert-alkyl or cyclic N) is 1. The minimum absolute atomic E-state index is 0.108. The van der Waals surface area contributed by atoms with Gasteiger partial charge in [0.25, 0.3) is 0 Å². The highest BCUT2D eigenvalue weighted by Gasteiger charge is 2.39. The Morgan fingerprint density at radius 3 is 2.87 bits per heavy atom. The predicted octanol–water partition coefficient (Wildman–Crippen LogP) is 4.43.